The fourth-order valence-corrected chi connectivity index (χ4v) is 2.42. The maximum atomic E-state index is 12.6. The highest BCUT2D eigenvalue weighted by atomic mass is 32.1. The molecule has 0 fully saturated rings. The van der Waals surface area contributed by atoms with Crippen LogP contribution in [-0.2, 0) is 0 Å². The molecule has 2 rings (SSSR count). The van der Waals surface area contributed by atoms with Crippen LogP contribution in [0.3, 0.4) is 0 Å². The van der Waals surface area contributed by atoms with Gasteiger partial charge in [0.15, 0.2) is 5.13 Å². The third-order valence-corrected chi connectivity index (χ3v) is 3.34. The minimum atomic E-state index is -0.711. The predicted molar refractivity (Wildman–Crippen MR) is 67.9 cm³/mol. The van der Waals surface area contributed by atoms with Crippen LogP contribution in [0.5, 0.6) is 0 Å². The van der Waals surface area contributed by atoms with Crippen LogP contribution in [0.15, 0.2) is 24.3 Å². The highest BCUT2D eigenvalue weighted by Crippen LogP contribution is 2.25. The predicted octanol–water partition coefficient (Wildman–Crippen LogP) is 3.85. The van der Waals surface area contributed by atoms with E-state index in [-0.39, 0.29) is 0 Å². The van der Waals surface area contributed by atoms with E-state index in [0.29, 0.717) is 6.42 Å². The molecule has 0 aliphatic heterocycles. The number of nitrogens with one attached hydrogen (secondary N) is 1. The summed E-state index contributed by atoms with van der Waals surface area (Å²) < 4.78 is 13.7. The summed E-state index contributed by atoms with van der Waals surface area (Å²) in [7, 11) is 0. The van der Waals surface area contributed by atoms with Crippen LogP contribution in [0.1, 0.15) is 19.8 Å². The molecule has 1 atom stereocenters. The van der Waals surface area contributed by atoms with Gasteiger partial charge >= 0.3 is 0 Å². The topological polar surface area (TPSA) is 24.9 Å². The summed E-state index contributed by atoms with van der Waals surface area (Å²) >= 11 is 1.64. The summed E-state index contributed by atoms with van der Waals surface area (Å²) in [6.45, 7) is 2.38. The van der Waals surface area contributed by atoms with Crippen LogP contribution < -0.4 is 5.32 Å². The Kier molecular flexibility index (Phi) is 3.72. The van der Waals surface area contributed by atoms with Gasteiger partial charge in [0.2, 0.25) is 0 Å². The molecule has 0 saturated carbocycles. The zero-order chi connectivity index (χ0) is 11.4. The van der Waals surface area contributed by atoms with Gasteiger partial charge in [0, 0.05) is 6.54 Å². The molecule has 2 nitrogen and oxygen atoms in total. The number of halogens is 1. The summed E-state index contributed by atoms with van der Waals surface area (Å²) in [6, 6.07) is 8.05. The van der Waals surface area contributed by atoms with E-state index in [4.69, 9.17) is 0 Å². The molecule has 16 heavy (non-hydrogen) atoms. The zero-order valence-electron chi connectivity index (χ0n) is 9.24. The van der Waals surface area contributed by atoms with Gasteiger partial charge in [-0.3, -0.25) is 0 Å². The molecule has 0 aliphatic carbocycles. The molecule has 0 bridgehead atoms. The summed E-state index contributed by atoms with van der Waals surface area (Å²) in [5, 5.41) is 4.15. The Hall–Kier alpha value is -1.16. The number of nitrogens with zero attached hydrogens (tertiary/aromatic N) is 1. The van der Waals surface area contributed by atoms with Crippen LogP contribution in [0.25, 0.3) is 10.2 Å². The Morgan fingerprint density at radius 1 is 1.44 bits per heavy atom. The minimum Gasteiger partial charge on any atom is -0.361 e. The number of alkyl halides is 1. The van der Waals surface area contributed by atoms with E-state index in [1.165, 1.54) is 4.70 Å². The average molecular weight is 238 g/mol. The number of benzene rings is 1. The lowest BCUT2D eigenvalue weighted by molar-refractivity contribution is 0.337. The molecular formula is C12H15FN2S. The van der Waals surface area contributed by atoms with Crippen LogP contribution in [0.4, 0.5) is 9.52 Å². The number of thiazole rings is 1. The first-order chi connectivity index (χ1) is 7.75. The fourth-order valence-electron chi connectivity index (χ4n) is 1.53. The number of fused-ring (bicyclic) bond motifs is 1. The molecule has 0 saturated heterocycles. The van der Waals surface area contributed by atoms with Gasteiger partial charge < -0.3 is 5.32 Å². The molecule has 0 radical (unpaired) electrons. The van der Waals surface area contributed by atoms with E-state index < -0.39 is 6.17 Å². The molecule has 0 aliphatic rings. The van der Waals surface area contributed by atoms with E-state index in [1.807, 2.05) is 18.2 Å². The van der Waals surface area contributed by atoms with Crippen molar-refractivity contribution < 1.29 is 4.39 Å². The molecule has 1 aromatic carbocycles. The molecule has 0 spiro atoms. The van der Waals surface area contributed by atoms with Crippen molar-refractivity contribution >= 4 is 26.7 Å². The van der Waals surface area contributed by atoms with Crippen molar-refractivity contribution in [2.45, 2.75) is 25.9 Å². The first kappa shape index (κ1) is 11.3. The number of hydrogen-bond acceptors (Lipinski definition) is 3. The van der Waals surface area contributed by atoms with Crippen molar-refractivity contribution in [2.75, 3.05) is 11.9 Å². The lowest BCUT2D eigenvalue weighted by atomic mass is 10.2. The fraction of sp³-hybridized carbons (Fsp3) is 0.417. The molecule has 0 amide bonds. The van der Waals surface area contributed by atoms with Gasteiger partial charge in [-0.25, -0.2) is 9.37 Å². The van der Waals surface area contributed by atoms with Gasteiger partial charge in [-0.2, -0.15) is 0 Å². The van der Waals surface area contributed by atoms with E-state index >= 15 is 0 Å². The smallest absolute Gasteiger partial charge is 0.183 e. The second-order valence-electron chi connectivity index (χ2n) is 3.84. The van der Waals surface area contributed by atoms with Crippen LogP contribution in [0.2, 0.25) is 0 Å². The highest BCUT2D eigenvalue weighted by Gasteiger charge is 2.02. The standard InChI is InChI=1S/C12H15FN2S/c1-9(13)5-4-8-14-12-15-10-6-2-3-7-11(10)16-12/h2-3,6-7,9H,4-5,8H2,1H3,(H,14,15). The summed E-state index contributed by atoms with van der Waals surface area (Å²) in [4.78, 5) is 4.44. The summed E-state index contributed by atoms with van der Waals surface area (Å²) in [6.07, 6.45) is 0.739. The second-order valence-corrected chi connectivity index (χ2v) is 4.87. The molecule has 1 unspecified atom stereocenters. The Labute approximate surface area is 98.5 Å². The van der Waals surface area contributed by atoms with E-state index in [1.54, 1.807) is 18.3 Å². The maximum absolute atomic E-state index is 12.6. The van der Waals surface area contributed by atoms with E-state index in [2.05, 4.69) is 16.4 Å². The maximum Gasteiger partial charge on any atom is 0.183 e. The third kappa shape index (κ3) is 2.92. The number of rotatable bonds is 5. The van der Waals surface area contributed by atoms with Gasteiger partial charge in [-0.1, -0.05) is 23.5 Å². The summed E-state index contributed by atoms with van der Waals surface area (Å²) in [5.41, 5.74) is 1.02. The van der Waals surface area contributed by atoms with Gasteiger partial charge in [-0.15, -0.1) is 0 Å². The molecule has 2 aromatic rings. The van der Waals surface area contributed by atoms with Gasteiger partial charge in [-0.05, 0) is 31.9 Å². The SMILES string of the molecule is CC(F)CCCNc1nc2ccccc2s1. The van der Waals surface area contributed by atoms with Crippen molar-refractivity contribution in [3.05, 3.63) is 24.3 Å². The van der Waals surface area contributed by atoms with E-state index in [0.717, 1.165) is 23.6 Å². The van der Waals surface area contributed by atoms with Crippen LogP contribution in [-0.4, -0.2) is 17.7 Å². The Balaban J connectivity index is 1.89. The normalized spacial score (nSPS) is 12.9. The minimum absolute atomic E-state index is 0.609. The molecule has 1 aromatic heterocycles. The van der Waals surface area contributed by atoms with Crippen molar-refractivity contribution in [3.8, 4) is 0 Å². The van der Waals surface area contributed by atoms with Crippen LogP contribution >= 0.6 is 11.3 Å². The molecule has 4 heteroatoms. The Bertz CT molecular complexity index is 420. The largest absolute Gasteiger partial charge is 0.361 e. The van der Waals surface area contributed by atoms with Gasteiger partial charge in [0.05, 0.1) is 16.4 Å². The lowest BCUT2D eigenvalue weighted by Gasteiger charge is -2.02. The Morgan fingerprint density at radius 3 is 3.00 bits per heavy atom. The third-order valence-electron chi connectivity index (χ3n) is 2.35. The number of anilines is 1. The number of hydrogen-bond donors (Lipinski definition) is 1. The quantitative estimate of drug-likeness (QED) is 0.800. The lowest BCUT2D eigenvalue weighted by Crippen LogP contribution is -2.03. The molecule has 1 heterocycles. The molecule has 86 valence electrons. The number of aromatic nitrogens is 1. The van der Waals surface area contributed by atoms with Crippen LogP contribution in [0, 0.1) is 0 Å². The molecular weight excluding hydrogens is 223 g/mol. The van der Waals surface area contributed by atoms with Crippen molar-refractivity contribution in [1.29, 1.82) is 0 Å². The van der Waals surface area contributed by atoms with Crippen molar-refractivity contribution in [1.82, 2.24) is 4.98 Å². The van der Waals surface area contributed by atoms with Crippen molar-refractivity contribution in [3.63, 3.8) is 0 Å². The second kappa shape index (κ2) is 5.25. The van der Waals surface area contributed by atoms with Gasteiger partial charge in [0.1, 0.15) is 0 Å². The Morgan fingerprint density at radius 2 is 2.25 bits per heavy atom. The number of para-hydroxylation sites is 1. The molecule has 1 N–H and O–H groups in total. The van der Waals surface area contributed by atoms with Crippen molar-refractivity contribution in [2.24, 2.45) is 0 Å². The monoisotopic (exact) mass is 238 g/mol. The highest BCUT2D eigenvalue weighted by molar-refractivity contribution is 7.22. The first-order valence-electron chi connectivity index (χ1n) is 5.49. The first-order valence-corrected chi connectivity index (χ1v) is 6.31. The van der Waals surface area contributed by atoms with Gasteiger partial charge in [0.25, 0.3) is 0 Å². The van der Waals surface area contributed by atoms with E-state index in [9.17, 15) is 4.39 Å². The zero-order valence-corrected chi connectivity index (χ0v) is 10.1. The summed E-state index contributed by atoms with van der Waals surface area (Å²) in [5.74, 6) is 0. The average Bonchev–Trinajstić information content (AvgIpc) is 2.66.